The first-order chi connectivity index (χ1) is 5.95. The van der Waals surface area contributed by atoms with Crippen molar-refractivity contribution in [3.05, 3.63) is 0 Å². The highest BCUT2D eigenvalue weighted by Gasteiger charge is 2.13. The monoisotopic (exact) mass is 212 g/mol. The van der Waals surface area contributed by atoms with E-state index in [-0.39, 0.29) is 13.0 Å². The van der Waals surface area contributed by atoms with Crippen molar-refractivity contribution in [1.82, 2.24) is 0 Å². The van der Waals surface area contributed by atoms with Gasteiger partial charge < -0.3 is 14.1 Å². The average molecular weight is 213 g/mol. The van der Waals surface area contributed by atoms with E-state index in [2.05, 4.69) is 4.29 Å². The molecule has 0 amide bonds. The second kappa shape index (κ2) is 8.29. The Morgan fingerprint density at radius 1 is 1.46 bits per heavy atom. The zero-order valence-corrected chi connectivity index (χ0v) is 9.22. The molecule has 4 nitrogen and oxygen atoms in total. The van der Waals surface area contributed by atoms with Gasteiger partial charge in [0.05, 0.1) is 13.0 Å². The number of aliphatic hydroxyl groups is 1. The van der Waals surface area contributed by atoms with Gasteiger partial charge >= 0.3 is 5.97 Å². The molecule has 0 aliphatic heterocycles. The Morgan fingerprint density at radius 3 is 2.23 bits per heavy atom. The molecule has 0 aliphatic carbocycles. The van der Waals surface area contributed by atoms with Crippen molar-refractivity contribution >= 4 is 17.8 Å². The minimum Gasteiger partial charge on any atom is -0.366 e. The van der Waals surface area contributed by atoms with Crippen LogP contribution in [0.3, 0.4) is 0 Å². The van der Waals surface area contributed by atoms with Crippen molar-refractivity contribution in [1.29, 1.82) is 0 Å². The molecule has 0 unspecified atom stereocenters. The zero-order chi connectivity index (χ0) is 10.9. The Kier molecular flexibility index (Phi) is 9.67. The molecular weight excluding hydrogens is 196 g/mol. The maximum Gasteiger partial charge on any atom is 0.327 e. The van der Waals surface area contributed by atoms with Gasteiger partial charge in [-0.2, -0.15) is 0 Å². The summed E-state index contributed by atoms with van der Waals surface area (Å²) >= 11 is 4.73. The number of carbonyl (C=O) groups is 1. The van der Waals surface area contributed by atoms with E-state index in [1.165, 1.54) is 13.8 Å². The van der Waals surface area contributed by atoms with E-state index in [4.69, 9.17) is 21.7 Å². The quantitative estimate of drug-likeness (QED) is 0.723. The fourth-order valence-electron chi connectivity index (χ4n) is 0.423. The summed E-state index contributed by atoms with van der Waals surface area (Å²) < 4.78 is 8.63. The number of carbonyl (C=O) groups excluding carboxylic acids is 1. The zero-order valence-electron chi connectivity index (χ0n) is 8.46. The normalized spacial score (nSPS) is 10.0. The Bertz CT molecular complexity index is 131. The van der Waals surface area contributed by atoms with Gasteiger partial charge in [0.15, 0.2) is 5.79 Å². The lowest BCUT2D eigenvalue weighted by molar-refractivity contribution is -0.178. The summed E-state index contributed by atoms with van der Waals surface area (Å²) in [5.41, 5.74) is 0. The highest BCUT2D eigenvalue weighted by Crippen LogP contribution is 2.03. The van der Waals surface area contributed by atoms with Gasteiger partial charge in [0.1, 0.15) is 11.9 Å². The van der Waals surface area contributed by atoms with Crippen LogP contribution in [0.25, 0.3) is 0 Å². The number of rotatable bonds is 4. The molecule has 0 atom stereocenters. The van der Waals surface area contributed by atoms with Gasteiger partial charge in [0.25, 0.3) is 0 Å². The van der Waals surface area contributed by atoms with Crippen LogP contribution in [0.4, 0.5) is 0 Å². The molecule has 13 heavy (non-hydrogen) atoms. The topological polar surface area (TPSA) is 55.8 Å². The van der Waals surface area contributed by atoms with Gasteiger partial charge in [-0.3, -0.25) is 4.79 Å². The van der Waals surface area contributed by atoms with Crippen molar-refractivity contribution < 1.29 is 18.9 Å². The molecule has 1 N–H and O–H groups in total. The third-order valence-electron chi connectivity index (χ3n) is 0.848. The minimum absolute atomic E-state index is 0.0352. The van der Waals surface area contributed by atoms with Crippen LogP contribution in [0, 0.1) is 0 Å². The van der Waals surface area contributed by atoms with Crippen LogP contribution in [0.5, 0.6) is 0 Å². The first kappa shape index (κ1) is 15.2. The third-order valence-corrected chi connectivity index (χ3v) is 1.02. The molecular formula is C8H17ClO4. The fraction of sp³-hybridized carbons (Fsp3) is 0.875. The highest BCUT2D eigenvalue weighted by molar-refractivity contribution is 6.13. The van der Waals surface area contributed by atoms with Gasteiger partial charge in [0.2, 0.25) is 0 Å². The molecule has 0 aromatic carbocycles. The number of halogens is 1. The molecule has 80 valence electrons. The largest absolute Gasteiger partial charge is 0.366 e. The molecule has 5 heteroatoms. The van der Waals surface area contributed by atoms with Crippen molar-refractivity contribution in [3.8, 4) is 0 Å². The van der Waals surface area contributed by atoms with E-state index in [1.807, 2.05) is 13.8 Å². The van der Waals surface area contributed by atoms with E-state index in [9.17, 15) is 4.79 Å². The standard InChI is InChI=1S/C6H11ClO4.C2H6/c1-6(2,9)10-4-3-5(8)11-7;1-2/h9H,3-4H2,1-2H3;1-2H3. The molecule has 0 fully saturated rings. The van der Waals surface area contributed by atoms with Gasteiger partial charge in [-0.1, -0.05) is 13.8 Å². The number of hydrogen-bond donors (Lipinski definition) is 1. The van der Waals surface area contributed by atoms with Crippen LogP contribution < -0.4 is 0 Å². The van der Waals surface area contributed by atoms with Crippen LogP contribution in [-0.4, -0.2) is 23.5 Å². The Morgan fingerprint density at radius 2 is 1.92 bits per heavy atom. The average Bonchev–Trinajstić information content (AvgIpc) is 2.05. The van der Waals surface area contributed by atoms with Gasteiger partial charge in [-0.15, -0.1) is 0 Å². The smallest absolute Gasteiger partial charge is 0.327 e. The first-order valence-corrected chi connectivity index (χ1v) is 4.44. The SMILES string of the molecule is CC.CC(C)(O)OCCC(=O)OCl. The molecule has 0 spiro atoms. The molecule has 0 bridgehead atoms. The number of hydrogen-bond acceptors (Lipinski definition) is 4. The van der Waals surface area contributed by atoms with Crippen molar-refractivity contribution in [2.45, 2.75) is 39.9 Å². The molecule has 0 rings (SSSR count). The van der Waals surface area contributed by atoms with Crippen LogP contribution in [0.15, 0.2) is 0 Å². The summed E-state index contributed by atoms with van der Waals surface area (Å²) in [5.74, 6) is -1.79. The van der Waals surface area contributed by atoms with E-state index < -0.39 is 11.8 Å². The maximum atomic E-state index is 10.4. The predicted molar refractivity (Wildman–Crippen MR) is 50.2 cm³/mol. The van der Waals surface area contributed by atoms with Gasteiger partial charge in [-0.25, -0.2) is 0 Å². The van der Waals surface area contributed by atoms with Crippen molar-refractivity contribution in [2.75, 3.05) is 6.61 Å². The third kappa shape index (κ3) is 14.5. The van der Waals surface area contributed by atoms with Crippen LogP contribution in [0.2, 0.25) is 0 Å². The van der Waals surface area contributed by atoms with E-state index in [0.29, 0.717) is 0 Å². The molecule has 0 saturated carbocycles. The predicted octanol–water partition coefficient (Wildman–Crippen LogP) is 1.84. The second-order valence-corrected chi connectivity index (χ2v) is 2.65. The molecule has 0 aromatic rings. The molecule has 0 saturated heterocycles. The summed E-state index contributed by atoms with van der Waals surface area (Å²) in [6, 6.07) is 0. The van der Waals surface area contributed by atoms with Crippen LogP contribution >= 0.6 is 11.9 Å². The fourth-order valence-corrected chi connectivity index (χ4v) is 0.500. The lowest BCUT2D eigenvalue weighted by Crippen LogP contribution is -2.24. The maximum absolute atomic E-state index is 10.4. The second-order valence-electron chi connectivity index (χ2n) is 2.49. The minimum atomic E-state index is -1.22. The Labute approximate surface area is 84.0 Å². The molecule has 0 aromatic heterocycles. The first-order valence-electron chi connectivity index (χ1n) is 4.13. The summed E-state index contributed by atoms with van der Waals surface area (Å²) in [4.78, 5) is 10.4. The summed E-state index contributed by atoms with van der Waals surface area (Å²) in [5, 5.41) is 9.00. The lowest BCUT2D eigenvalue weighted by Gasteiger charge is -2.16. The Balaban J connectivity index is 0. The molecule has 0 heterocycles. The Hall–Kier alpha value is -0.320. The van der Waals surface area contributed by atoms with Gasteiger partial charge in [-0.05, 0) is 13.8 Å². The van der Waals surface area contributed by atoms with Crippen LogP contribution in [-0.2, 0) is 13.8 Å². The van der Waals surface area contributed by atoms with Gasteiger partial charge in [0, 0.05) is 0 Å². The van der Waals surface area contributed by atoms with E-state index in [0.717, 1.165) is 0 Å². The van der Waals surface area contributed by atoms with Crippen molar-refractivity contribution in [3.63, 3.8) is 0 Å². The van der Waals surface area contributed by atoms with Crippen LogP contribution in [0.1, 0.15) is 34.1 Å². The molecule has 0 radical (unpaired) electrons. The lowest BCUT2D eigenvalue weighted by atomic mass is 10.4. The van der Waals surface area contributed by atoms with E-state index in [1.54, 1.807) is 0 Å². The summed E-state index contributed by atoms with van der Waals surface area (Å²) in [6.45, 7) is 7.03. The molecule has 0 aliphatic rings. The summed E-state index contributed by atoms with van der Waals surface area (Å²) in [7, 11) is 0. The number of ether oxygens (including phenoxy) is 1. The highest BCUT2D eigenvalue weighted by atomic mass is 35.5. The van der Waals surface area contributed by atoms with Crippen molar-refractivity contribution in [2.24, 2.45) is 0 Å². The summed E-state index contributed by atoms with van der Waals surface area (Å²) in [6.07, 6.45) is 0.0352. The van der Waals surface area contributed by atoms with E-state index >= 15 is 0 Å².